The summed E-state index contributed by atoms with van der Waals surface area (Å²) in [4.78, 5) is 54.0. The van der Waals surface area contributed by atoms with E-state index in [0.717, 1.165) is 36.4 Å². The van der Waals surface area contributed by atoms with Crippen LogP contribution in [0.3, 0.4) is 0 Å². The van der Waals surface area contributed by atoms with Gasteiger partial charge in [-0.05, 0) is 43.9 Å². The number of carbonyl (C=O) groups is 2. The van der Waals surface area contributed by atoms with Gasteiger partial charge >= 0.3 is 5.79 Å². The maximum atomic E-state index is 15.1. The molecule has 0 saturated carbocycles. The molecule has 4 heterocycles. The van der Waals surface area contributed by atoms with Crippen molar-refractivity contribution in [2.75, 3.05) is 63.8 Å². The summed E-state index contributed by atoms with van der Waals surface area (Å²) in [5, 5.41) is 49.3. The molecule has 3 aromatic carbocycles. The molecule has 378 valence electrons. The van der Waals surface area contributed by atoms with E-state index < -0.39 is 76.7 Å². The number of phenolic OH excluding ortho intramolecular Hbond substituents is 1. The Labute approximate surface area is 409 Å². The van der Waals surface area contributed by atoms with Crippen LogP contribution in [0.2, 0.25) is 0 Å². The SMILES string of the molecule is C=CCc1c(C(C)C)cc(N2CCN(CCOC)CC2)c2nc3c(oc12)c1c(O)c2c(=O)c(C)c4c(c23)C(=O)[C@@](C)(O/C=C/[C@H](OC)[C@@H](C)[C@@H](O)[C@H](C)[C@H](O)[C@H](C)[C@@H](O)[C@@H](C)/C=C/C=C(/C)C(=O)N1)O4. The Bertz CT molecular complexity index is 2830. The first-order valence-corrected chi connectivity index (χ1v) is 24.2. The molecule has 16 heteroatoms. The van der Waals surface area contributed by atoms with Crippen LogP contribution in [0.25, 0.3) is 33.0 Å². The van der Waals surface area contributed by atoms with Crippen LogP contribution in [0, 0.1) is 30.6 Å². The molecule has 0 unspecified atom stereocenters. The molecule has 5 N–H and O–H groups in total. The number of amides is 1. The second-order valence-electron chi connectivity index (χ2n) is 19.8. The number of Topliss-reactive ketones (excluding diaryl/α,β-unsaturated/α-hetero) is 1. The molecule has 7 rings (SSSR count). The minimum Gasteiger partial charge on any atom is -0.505 e. The number of aliphatic hydroxyl groups is 3. The van der Waals surface area contributed by atoms with Crippen molar-refractivity contribution in [3.05, 3.63) is 87.3 Å². The molecule has 1 aromatic heterocycles. The zero-order valence-electron chi connectivity index (χ0n) is 42.3. The molecular formula is C54H70N4O12. The first-order valence-electron chi connectivity index (χ1n) is 24.2. The van der Waals surface area contributed by atoms with E-state index in [1.807, 2.05) is 0 Å². The van der Waals surface area contributed by atoms with Gasteiger partial charge in [0.15, 0.2) is 22.3 Å². The zero-order chi connectivity index (χ0) is 51.1. The van der Waals surface area contributed by atoms with E-state index in [4.69, 9.17) is 28.3 Å². The number of aromatic nitrogens is 1. The summed E-state index contributed by atoms with van der Waals surface area (Å²) in [6, 6.07) is 2.12. The van der Waals surface area contributed by atoms with Gasteiger partial charge in [-0.15, -0.1) is 6.58 Å². The number of aliphatic hydroxyl groups excluding tert-OH is 3. The number of ketones is 1. The molecule has 0 radical (unpaired) electrons. The van der Waals surface area contributed by atoms with Crippen LogP contribution in [0.15, 0.2) is 64.1 Å². The molecule has 1 fully saturated rings. The highest BCUT2D eigenvalue weighted by Gasteiger charge is 2.49. The maximum absolute atomic E-state index is 15.1. The van der Waals surface area contributed by atoms with Gasteiger partial charge in [-0.25, -0.2) is 4.98 Å². The summed E-state index contributed by atoms with van der Waals surface area (Å²) in [7, 11) is 3.14. The quantitative estimate of drug-likeness (QED) is 0.0518. The van der Waals surface area contributed by atoms with Gasteiger partial charge in [-0.3, -0.25) is 19.3 Å². The number of hydrogen-bond donors (Lipinski definition) is 5. The number of aromatic hydroxyl groups is 1. The number of ether oxygens (including phenoxy) is 4. The average molecular weight is 967 g/mol. The third kappa shape index (κ3) is 9.49. The van der Waals surface area contributed by atoms with Crippen molar-refractivity contribution in [1.82, 2.24) is 9.88 Å². The fourth-order valence-electron chi connectivity index (χ4n) is 10.2. The molecule has 1 amide bonds. The Kier molecular flexibility index (Phi) is 15.7. The van der Waals surface area contributed by atoms with E-state index in [9.17, 15) is 30.0 Å². The van der Waals surface area contributed by atoms with Crippen LogP contribution in [0.1, 0.15) is 88.4 Å². The lowest BCUT2D eigenvalue weighted by molar-refractivity contribution is -0.112. The number of phenols is 1. The lowest BCUT2D eigenvalue weighted by Gasteiger charge is -2.36. The van der Waals surface area contributed by atoms with Crippen molar-refractivity contribution < 1.29 is 53.4 Å². The number of carbonyl (C=O) groups excluding carboxylic acids is 2. The summed E-state index contributed by atoms with van der Waals surface area (Å²) in [5.74, 6) is -6.52. The fraction of sp³-hybridized carbons (Fsp3) is 0.519. The minimum atomic E-state index is -2.04. The van der Waals surface area contributed by atoms with Crippen molar-refractivity contribution >= 4 is 56.0 Å². The number of methoxy groups -OCH3 is 2. The molecule has 0 aliphatic carbocycles. The first kappa shape index (κ1) is 52.2. The molecule has 9 atom stereocenters. The molecule has 3 aliphatic rings. The van der Waals surface area contributed by atoms with Crippen molar-refractivity contribution in [2.24, 2.45) is 23.7 Å². The van der Waals surface area contributed by atoms with Crippen LogP contribution < -0.4 is 20.4 Å². The molecule has 1 saturated heterocycles. The number of fused-ring (bicyclic) bond motifs is 5. The van der Waals surface area contributed by atoms with E-state index in [2.05, 4.69) is 41.6 Å². The van der Waals surface area contributed by atoms with Crippen molar-refractivity contribution in [1.29, 1.82) is 0 Å². The maximum Gasteiger partial charge on any atom is 0.312 e. The number of rotatable bonds is 8. The van der Waals surface area contributed by atoms with E-state index >= 15 is 4.79 Å². The molecular weight excluding hydrogens is 897 g/mol. The van der Waals surface area contributed by atoms with E-state index in [-0.39, 0.29) is 55.9 Å². The van der Waals surface area contributed by atoms with Gasteiger partial charge in [0, 0.05) is 99.6 Å². The van der Waals surface area contributed by atoms with Crippen LogP contribution in [0.5, 0.6) is 11.5 Å². The highest BCUT2D eigenvalue weighted by atomic mass is 16.7. The predicted octanol–water partition coefficient (Wildman–Crippen LogP) is 7.05. The van der Waals surface area contributed by atoms with Crippen molar-refractivity contribution in [3.63, 3.8) is 0 Å². The number of nitrogens with one attached hydrogen (secondary N) is 1. The zero-order valence-corrected chi connectivity index (χ0v) is 42.3. The number of piperazine rings is 1. The number of benzene rings is 3. The highest BCUT2D eigenvalue weighted by molar-refractivity contribution is 6.26. The third-order valence-electron chi connectivity index (χ3n) is 14.8. The Balaban J connectivity index is 1.53. The molecule has 3 aliphatic heterocycles. The number of anilines is 2. The minimum absolute atomic E-state index is 0.00927. The molecule has 5 bridgehead atoms. The summed E-state index contributed by atoms with van der Waals surface area (Å²) in [6.07, 6.45) is 5.76. The van der Waals surface area contributed by atoms with Gasteiger partial charge in [0.25, 0.3) is 11.7 Å². The Morgan fingerprint density at radius 2 is 1.61 bits per heavy atom. The largest absolute Gasteiger partial charge is 0.505 e. The summed E-state index contributed by atoms with van der Waals surface area (Å²) < 4.78 is 30.6. The Hall–Kier alpha value is -5.62. The van der Waals surface area contributed by atoms with Crippen LogP contribution in [0.4, 0.5) is 11.4 Å². The highest BCUT2D eigenvalue weighted by Crippen LogP contribution is 2.49. The van der Waals surface area contributed by atoms with E-state index in [0.29, 0.717) is 37.2 Å². The smallest absolute Gasteiger partial charge is 0.312 e. The molecule has 0 spiro atoms. The average Bonchev–Trinajstić information content (AvgIpc) is 3.61. The molecule has 4 aromatic rings. The fourth-order valence-corrected chi connectivity index (χ4v) is 10.2. The van der Waals surface area contributed by atoms with Gasteiger partial charge < -0.3 is 54.0 Å². The summed E-state index contributed by atoms with van der Waals surface area (Å²) >= 11 is 0. The summed E-state index contributed by atoms with van der Waals surface area (Å²) in [5.41, 5.74) is 2.55. The second-order valence-corrected chi connectivity index (χ2v) is 19.8. The Morgan fingerprint density at radius 1 is 0.943 bits per heavy atom. The monoisotopic (exact) mass is 966 g/mol. The Morgan fingerprint density at radius 3 is 2.26 bits per heavy atom. The number of allylic oxidation sites excluding steroid dienone is 3. The van der Waals surface area contributed by atoms with E-state index in [1.54, 1.807) is 66.0 Å². The lowest BCUT2D eigenvalue weighted by atomic mass is 9.78. The standard InChI is InChI=1S/C54H70N4O12/c1-13-15-34-35(27(2)3)26-36(58-21-19-57(20-22-58)23-25-66-11)41-50(34)69-51-42(55-41)38-39-47(62)33(9)49-40(38)52(64)54(10,70-49)68-24-18-37(67-12)30(6)45(60)32(8)46(61)31(7)44(59)28(4)16-14-17-29(5)53(65)56-43(51)48(39)63/h13-14,16-18,24,26-28,30-32,37,44-46,59-61,63H,1,15,19-23,25H2,2-12H3,(H,56,65)/b16-14+,24-18+,29-17-/t28-,30+,31+,32-,37-,44-,45+,46+,54-/m0/s1. The summed E-state index contributed by atoms with van der Waals surface area (Å²) in [6.45, 7) is 23.8. The van der Waals surface area contributed by atoms with Gasteiger partial charge in [-0.2, -0.15) is 0 Å². The van der Waals surface area contributed by atoms with Crippen molar-refractivity contribution in [3.8, 4) is 11.5 Å². The normalized spacial score (nSPS) is 29.1. The topological polar surface area (TPSA) is 214 Å². The third-order valence-corrected chi connectivity index (χ3v) is 14.8. The predicted molar refractivity (Wildman–Crippen MR) is 271 cm³/mol. The first-order chi connectivity index (χ1) is 33.2. The van der Waals surface area contributed by atoms with Crippen LogP contribution in [-0.4, -0.2) is 126 Å². The number of nitrogens with zero attached hydrogens (tertiary/aromatic N) is 3. The van der Waals surface area contributed by atoms with Crippen LogP contribution in [-0.2, 0) is 25.4 Å². The number of hydrogen-bond acceptors (Lipinski definition) is 15. The van der Waals surface area contributed by atoms with Crippen LogP contribution >= 0.6 is 0 Å². The second kappa shape index (κ2) is 21.0. The van der Waals surface area contributed by atoms with Gasteiger partial charge in [0.05, 0.1) is 53.9 Å². The van der Waals surface area contributed by atoms with Gasteiger partial charge in [0.2, 0.25) is 0 Å². The van der Waals surface area contributed by atoms with Crippen molar-refractivity contribution in [2.45, 2.75) is 105 Å². The van der Waals surface area contributed by atoms with E-state index in [1.165, 1.54) is 33.3 Å². The lowest BCUT2D eigenvalue weighted by Crippen LogP contribution is -2.47. The van der Waals surface area contributed by atoms with Gasteiger partial charge in [0.1, 0.15) is 22.5 Å². The van der Waals surface area contributed by atoms with Gasteiger partial charge in [-0.1, -0.05) is 65.8 Å². The molecule has 70 heavy (non-hydrogen) atoms. The molecule has 16 nitrogen and oxygen atoms in total.